The lowest BCUT2D eigenvalue weighted by Crippen LogP contribution is -2.43. The highest BCUT2D eigenvalue weighted by atomic mass is 16.2. The van der Waals surface area contributed by atoms with Gasteiger partial charge in [-0.25, -0.2) is 0 Å². The van der Waals surface area contributed by atoms with Crippen molar-refractivity contribution in [3.8, 4) is 0 Å². The molecule has 2 aromatic rings. The molecule has 2 N–H and O–H groups in total. The second-order valence-electron chi connectivity index (χ2n) is 7.09. The molecular formula is C19H25N3O. The molecule has 1 aromatic heterocycles. The molecule has 122 valence electrons. The third kappa shape index (κ3) is 2.88. The average molecular weight is 311 g/mol. The minimum absolute atomic E-state index is 0.134. The molecule has 2 fully saturated rings. The third-order valence-corrected chi connectivity index (χ3v) is 5.48. The van der Waals surface area contributed by atoms with Crippen LogP contribution < -0.4 is 5.32 Å². The molecule has 1 amide bonds. The van der Waals surface area contributed by atoms with Gasteiger partial charge in [-0.05, 0) is 50.7 Å². The summed E-state index contributed by atoms with van der Waals surface area (Å²) in [6, 6.07) is 11.4. The maximum Gasteiger partial charge on any atom is 0.270 e. The summed E-state index contributed by atoms with van der Waals surface area (Å²) < 4.78 is 0. The van der Waals surface area contributed by atoms with E-state index in [-0.39, 0.29) is 5.91 Å². The summed E-state index contributed by atoms with van der Waals surface area (Å²) in [6.07, 6.45) is 5.05. The van der Waals surface area contributed by atoms with Gasteiger partial charge in [0.25, 0.3) is 5.91 Å². The van der Waals surface area contributed by atoms with E-state index >= 15 is 0 Å². The summed E-state index contributed by atoms with van der Waals surface area (Å²) in [5.74, 6) is 0.775. The zero-order valence-corrected chi connectivity index (χ0v) is 13.7. The fourth-order valence-corrected chi connectivity index (χ4v) is 4.35. The Balaban J connectivity index is 1.48. The summed E-state index contributed by atoms with van der Waals surface area (Å²) in [5, 5.41) is 4.78. The van der Waals surface area contributed by atoms with E-state index < -0.39 is 0 Å². The van der Waals surface area contributed by atoms with E-state index in [0.717, 1.165) is 24.0 Å². The number of carbonyl (C=O) groups excluding carboxylic acids is 1. The number of nitrogens with zero attached hydrogens (tertiary/aromatic N) is 1. The van der Waals surface area contributed by atoms with Crippen LogP contribution in [0.25, 0.3) is 10.9 Å². The Kier molecular flexibility index (Phi) is 3.85. The van der Waals surface area contributed by atoms with Crippen LogP contribution in [0, 0.1) is 5.92 Å². The van der Waals surface area contributed by atoms with E-state index in [1.165, 1.54) is 25.7 Å². The molecule has 0 saturated carbocycles. The Labute approximate surface area is 137 Å². The van der Waals surface area contributed by atoms with Crippen LogP contribution in [0.3, 0.4) is 0 Å². The number of rotatable bonds is 4. The molecule has 2 bridgehead atoms. The molecule has 2 unspecified atom stereocenters. The molecule has 2 saturated heterocycles. The maximum atomic E-state index is 12.9. The maximum absolute atomic E-state index is 12.9. The standard InChI is InChI=1S/C19H25N3O/c1-2-22(12-13-9-15-7-8-16(10-13)20-15)19(23)18-11-14-5-3-4-6-17(14)21-18/h3-6,11,13,15-16,20-21H,2,7-10,12H2,1H3. The highest BCUT2D eigenvalue weighted by Crippen LogP contribution is 2.31. The van der Waals surface area contributed by atoms with E-state index in [2.05, 4.69) is 17.2 Å². The number of amides is 1. The van der Waals surface area contributed by atoms with Crippen molar-refractivity contribution < 1.29 is 4.79 Å². The molecule has 0 aliphatic carbocycles. The van der Waals surface area contributed by atoms with Gasteiger partial charge >= 0.3 is 0 Å². The first-order valence-corrected chi connectivity index (χ1v) is 8.86. The van der Waals surface area contributed by atoms with Gasteiger partial charge in [0.15, 0.2) is 0 Å². The number of aromatic amines is 1. The highest BCUT2D eigenvalue weighted by molar-refractivity contribution is 5.98. The Hall–Kier alpha value is -1.81. The molecule has 0 spiro atoms. The van der Waals surface area contributed by atoms with Crippen molar-refractivity contribution in [2.75, 3.05) is 13.1 Å². The zero-order chi connectivity index (χ0) is 15.8. The largest absolute Gasteiger partial charge is 0.351 e. The van der Waals surface area contributed by atoms with Gasteiger partial charge < -0.3 is 15.2 Å². The molecule has 0 radical (unpaired) electrons. The second-order valence-corrected chi connectivity index (χ2v) is 7.09. The normalized spacial score (nSPS) is 26.6. The van der Waals surface area contributed by atoms with Crippen molar-refractivity contribution in [3.63, 3.8) is 0 Å². The van der Waals surface area contributed by atoms with Crippen molar-refractivity contribution in [2.45, 2.75) is 44.7 Å². The minimum Gasteiger partial charge on any atom is -0.351 e. The molecule has 4 nitrogen and oxygen atoms in total. The van der Waals surface area contributed by atoms with Crippen molar-refractivity contribution in [1.82, 2.24) is 15.2 Å². The van der Waals surface area contributed by atoms with Gasteiger partial charge in [0.1, 0.15) is 5.69 Å². The molecule has 3 heterocycles. The lowest BCUT2D eigenvalue weighted by Gasteiger charge is -2.33. The van der Waals surface area contributed by atoms with Gasteiger partial charge in [-0.15, -0.1) is 0 Å². The Morgan fingerprint density at radius 1 is 1.22 bits per heavy atom. The number of aromatic nitrogens is 1. The Morgan fingerprint density at radius 2 is 1.96 bits per heavy atom. The van der Waals surface area contributed by atoms with Gasteiger partial charge in [-0.1, -0.05) is 18.2 Å². The van der Waals surface area contributed by atoms with Crippen molar-refractivity contribution in [3.05, 3.63) is 36.0 Å². The van der Waals surface area contributed by atoms with E-state index in [4.69, 9.17) is 0 Å². The summed E-state index contributed by atoms with van der Waals surface area (Å²) >= 11 is 0. The van der Waals surface area contributed by atoms with Crippen LogP contribution in [0.1, 0.15) is 43.1 Å². The van der Waals surface area contributed by atoms with Crippen LogP contribution in [-0.2, 0) is 0 Å². The summed E-state index contributed by atoms with van der Waals surface area (Å²) in [6.45, 7) is 3.74. The molecule has 2 aliphatic rings. The smallest absolute Gasteiger partial charge is 0.270 e. The van der Waals surface area contributed by atoms with Crippen molar-refractivity contribution >= 4 is 16.8 Å². The Bertz CT molecular complexity index is 662. The fraction of sp³-hybridized carbons (Fsp3) is 0.526. The zero-order valence-electron chi connectivity index (χ0n) is 13.7. The van der Waals surface area contributed by atoms with Crippen LogP contribution in [-0.4, -0.2) is 41.0 Å². The van der Waals surface area contributed by atoms with Crippen LogP contribution in [0.2, 0.25) is 0 Å². The van der Waals surface area contributed by atoms with Crippen molar-refractivity contribution in [1.29, 1.82) is 0 Å². The topological polar surface area (TPSA) is 48.1 Å². The molecule has 1 aromatic carbocycles. The summed E-state index contributed by atoms with van der Waals surface area (Å²) in [5.41, 5.74) is 1.75. The van der Waals surface area contributed by atoms with Gasteiger partial charge in [-0.2, -0.15) is 0 Å². The first-order valence-electron chi connectivity index (χ1n) is 8.86. The van der Waals surface area contributed by atoms with Crippen molar-refractivity contribution in [2.24, 2.45) is 5.92 Å². The van der Waals surface area contributed by atoms with Gasteiger partial charge in [0, 0.05) is 36.1 Å². The van der Waals surface area contributed by atoms with Gasteiger partial charge in [-0.3, -0.25) is 4.79 Å². The molecule has 23 heavy (non-hydrogen) atoms. The van der Waals surface area contributed by atoms with Crippen LogP contribution in [0.4, 0.5) is 0 Å². The lowest BCUT2D eigenvalue weighted by atomic mass is 9.92. The number of H-pyrrole nitrogens is 1. The van der Waals surface area contributed by atoms with E-state index in [9.17, 15) is 4.79 Å². The quantitative estimate of drug-likeness (QED) is 0.911. The lowest BCUT2D eigenvalue weighted by molar-refractivity contribution is 0.0713. The number of hydrogen-bond acceptors (Lipinski definition) is 2. The average Bonchev–Trinajstić information content (AvgIpc) is 3.15. The monoisotopic (exact) mass is 311 g/mol. The molecule has 4 heteroatoms. The predicted molar refractivity (Wildman–Crippen MR) is 92.5 cm³/mol. The molecule has 2 aliphatic heterocycles. The van der Waals surface area contributed by atoms with E-state index in [1.54, 1.807) is 0 Å². The first kappa shape index (κ1) is 14.8. The van der Waals surface area contributed by atoms with E-state index in [1.807, 2.05) is 35.2 Å². The number of para-hydroxylation sites is 1. The Morgan fingerprint density at radius 3 is 2.65 bits per heavy atom. The number of hydrogen-bond donors (Lipinski definition) is 2. The number of benzene rings is 1. The second kappa shape index (κ2) is 6.00. The SMILES string of the molecule is CCN(CC1CC2CCC(C1)N2)C(=O)c1cc2ccccc2[nH]1. The number of carbonyl (C=O) groups is 1. The molecule has 2 atom stereocenters. The fourth-order valence-electron chi connectivity index (χ4n) is 4.35. The number of nitrogens with one attached hydrogen (secondary N) is 2. The predicted octanol–water partition coefficient (Wildman–Crippen LogP) is 3.16. The molecular weight excluding hydrogens is 286 g/mol. The summed E-state index contributed by atoms with van der Waals surface area (Å²) in [4.78, 5) is 18.2. The van der Waals surface area contributed by atoms with Crippen LogP contribution in [0.15, 0.2) is 30.3 Å². The van der Waals surface area contributed by atoms with Crippen LogP contribution in [0.5, 0.6) is 0 Å². The first-order chi connectivity index (χ1) is 11.2. The van der Waals surface area contributed by atoms with Gasteiger partial charge in [0.05, 0.1) is 0 Å². The summed E-state index contributed by atoms with van der Waals surface area (Å²) in [7, 11) is 0. The minimum atomic E-state index is 0.134. The van der Waals surface area contributed by atoms with E-state index in [0.29, 0.717) is 23.7 Å². The molecule has 4 rings (SSSR count). The number of fused-ring (bicyclic) bond motifs is 3. The van der Waals surface area contributed by atoms with Crippen LogP contribution >= 0.6 is 0 Å². The number of piperidine rings is 1. The highest BCUT2D eigenvalue weighted by Gasteiger charge is 2.34. The van der Waals surface area contributed by atoms with Gasteiger partial charge in [0.2, 0.25) is 0 Å². The third-order valence-electron chi connectivity index (χ3n) is 5.48.